The van der Waals surface area contributed by atoms with Gasteiger partial charge in [0.2, 0.25) is 5.13 Å². The van der Waals surface area contributed by atoms with Crippen LogP contribution in [0.1, 0.15) is 31.7 Å². The van der Waals surface area contributed by atoms with Crippen LogP contribution in [0.5, 0.6) is 0 Å². The molecule has 3 aliphatic rings. The fourth-order valence-electron chi connectivity index (χ4n) is 5.03. The van der Waals surface area contributed by atoms with Gasteiger partial charge in [0.1, 0.15) is 11.2 Å². The molecule has 0 spiro atoms. The van der Waals surface area contributed by atoms with Gasteiger partial charge in [-0.2, -0.15) is 0 Å². The Hall–Kier alpha value is -2.32. The van der Waals surface area contributed by atoms with Crippen molar-refractivity contribution in [1.82, 2.24) is 25.2 Å². The zero-order valence-corrected chi connectivity index (χ0v) is 17.7. The molecule has 3 fully saturated rings. The zero-order chi connectivity index (χ0) is 19.9. The summed E-state index contributed by atoms with van der Waals surface area (Å²) in [6, 6.07) is 10.5. The summed E-state index contributed by atoms with van der Waals surface area (Å²) in [5.41, 5.74) is 3.86. The zero-order valence-electron chi connectivity index (χ0n) is 16.9. The molecule has 7 nitrogen and oxygen atoms in total. The second-order valence-corrected chi connectivity index (χ2v) is 9.76. The molecular weight excluding hydrogens is 396 g/mol. The summed E-state index contributed by atoms with van der Waals surface area (Å²) >= 11 is 1.63. The van der Waals surface area contributed by atoms with E-state index in [2.05, 4.69) is 48.4 Å². The van der Waals surface area contributed by atoms with Crippen molar-refractivity contribution >= 4 is 16.5 Å². The Balaban J connectivity index is 1.24. The Morgan fingerprint density at radius 3 is 2.63 bits per heavy atom. The molecule has 30 heavy (non-hydrogen) atoms. The van der Waals surface area contributed by atoms with Gasteiger partial charge in [0, 0.05) is 25.3 Å². The minimum absolute atomic E-state index is 0.201. The van der Waals surface area contributed by atoms with Crippen LogP contribution in [-0.4, -0.2) is 51.0 Å². The van der Waals surface area contributed by atoms with Crippen molar-refractivity contribution in [2.75, 3.05) is 24.6 Å². The van der Waals surface area contributed by atoms with Crippen LogP contribution in [0.25, 0.3) is 11.3 Å². The molecule has 2 saturated carbocycles. The summed E-state index contributed by atoms with van der Waals surface area (Å²) < 4.78 is 8.56. The molecular formula is C22H26N6OS. The number of ether oxygens (including phenoxy) is 1. The molecule has 8 heteroatoms. The summed E-state index contributed by atoms with van der Waals surface area (Å²) in [5.74, 6) is 2.04. The van der Waals surface area contributed by atoms with Crippen molar-refractivity contribution in [3.05, 3.63) is 42.0 Å². The van der Waals surface area contributed by atoms with E-state index < -0.39 is 0 Å². The highest BCUT2D eigenvalue weighted by atomic mass is 32.1. The van der Waals surface area contributed by atoms with Crippen LogP contribution in [0.15, 0.2) is 42.0 Å². The fourth-order valence-corrected chi connectivity index (χ4v) is 5.61. The lowest BCUT2D eigenvalue weighted by molar-refractivity contribution is -0.0375. The van der Waals surface area contributed by atoms with E-state index >= 15 is 0 Å². The van der Waals surface area contributed by atoms with Gasteiger partial charge in [-0.05, 0) is 43.4 Å². The molecule has 4 atom stereocenters. The van der Waals surface area contributed by atoms with E-state index in [-0.39, 0.29) is 12.1 Å². The van der Waals surface area contributed by atoms with Crippen LogP contribution >= 0.6 is 11.3 Å². The predicted molar refractivity (Wildman–Crippen MR) is 115 cm³/mol. The molecule has 0 radical (unpaired) electrons. The van der Waals surface area contributed by atoms with Crippen LogP contribution < -0.4 is 4.90 Å². The van der Waals surface area contributed by atoms with Crippen molar-refractivity contribution in [3.8, 4) is 11.3 Å². The minimum atomic E-state index is 0.201. The first-order chi connectivity index (χ1) is 14.8. The lowest BCUT2D eigenvalue weighted by Gasteiger charge is -2.37. The van der Waals surface area contributed by atoms with E-state index in [0.717, 1.165) is 54.8 Å². The Kier molecular flexibility index (Phi) is 4.76. The lowest BCUT2D eigenvalue weighted by Crippen LogP contribution is -2.38. The third kappa shape index (κ3) is 3.63. The highest BCUT2D eigenvalue weighted by Gasteiger charge is 2.44. The second kappa shape index (κ2) is 7.74. The molecule has 1 aromatic carbocycles. The fraction of sp³-hybridized carbons (Fsp3) is 0.545. The van der Waals surface area contributed by atoms with Gasteiger partial charge < -0.3 is 9.64 Å². The molecule has 1 saturated heterocycles. The van der Waals surface area contributed by atoms with Crippen LogP contribution in [0.2, 0.25) is 0 Å². The van der Waals surface area contributed by atoms with Gasteiger partial charge in [0.25, 0.3) is 0 Å². The van der Waals surface area contributed by atoms with Crippen molar-refractivity contribution in [2.45, 2.75) is 37.8 Å². The maximum absolute atomic E-state index is 6.49. The molecule has 2 aliphatic carbocycles. The highest BCUT2D eigenvalue weighted by Crippen LogP contribution is 2.44. The summed E-state index contributed by atoms with van der Waals surface area (Å²) in [6.07, 6.45) is 7.09. The van der Waals surface area contributed by atoms with Gasteiger partial charge in [-0.15, -0.1) is 15.3 Å². The van der Waals surface area contributed by atoms with Crippen molar-refractivity contribution in [2.24, 2.45) is 17.8 Å². The topological polar surface area (TPSA) is 69.0 Å². The number of aromatic nitrogens is 5. The molecule has 156 valence electrons. The predicted octanol–water partition coefficient (Wildman–Crippen LogP) is 3.68. The molecule has 3 aromatic rings. The smallest absolute Gasteiger partial charge is 0.208 e. The number of fused-ring (bicyclic) bond motifs is 1. The first-order valence-electron chi connectivity index (χ1n) is 10.9. The third-order valence-electron chi connectivity index (χ3n) is 6.87. The molecule has 2 aromatic heterocycles. The average Bonchev–Trinajstić information content (AvgIpc) is 3.19. The maximum atomic E-state index is 6.49. The number of rotatable bonds is 6. The van der Waals surface area contributed by atoms with Gasteiger partial charge >= 0.3 is 0 Å². The second-order valence-electron chi connectivity index (χ2n) is 8.95. The third-order valence-corrected chi connectivity index (χ3v) is 7.62. The van der Waals surface area contributed by atoms with Gasteiger partial charge in [0.05, 0.1) is 18.3 Å². The van der Waals surface area contributed by atoms with Crippen LogP contribution in [0, 0.1) is 17.8 Å². The van der Waals surface area contributed by atoms with E-state index in [1.54, 1.807) is 11.3 Å². The first-order valence-corrected chi connectivity index (χ1v) is 11.8. The standard InChI is InChI=1S/C22H26N6OS/c1-2-4-16(5-3-1)19-12-28(26-24-19)20-8-17-10-27(22-25-23-14-30-22)11-18(17)9-21(20)29-13-15-6-7-15/h1-5,12,14-15,17-18,20-21H,6-11,13H2/t17-,18+,20-,21-/m1/s1. The Labute approximate surface area is 180 Å². The first kappa shape index (κ1) is 18.4. The highest BCUT2D eigenvalue weighted by molar-refractivity contribution is 7.13. The molecule has 1 aliphatic heterocycles. The Morgan fingerprint density at radius 2 is 1.87 bits per heavy atom. The van der Waals surface area contributed by atoms with Crippen LogP contribution in [-0.2, 0) is 4.74 Å². The number of benzene rings is 1. The van der Waals surface area contributed by atoms with E-state index in [9.17, 15) is 0 Å². The monoisotopic (exact) mass is 422 g/mol. The summed E-state index contributed by atoms with van der Waals surface area (Å²) in [5, 5.41) is 18.4. The summed E-state index contributed by atoms with van der Waals surface area (Å²) in [4.78, 5) is 2.41. The number of nitrogens with zero attached hydrogens (tertiary/aromatic N) is 6. The quantitative estimate of drug-likeness (QED) is 0.604. The van der Waals surface area contributed by atoms with E-state index in [1.165, 1.54) is 12.8 Å². The molecule has 3 heterocycles. The molecule has 6 rings (SSSR count). The van der Waals surface area contributed by atoms with Gasteiger partial charge in [-0.1, -0.05) is 46.9 Å². The number of hydrogen-bond acceptors (Lipinski definition) is 7. The Bertz CT molecular complexity index is 973. The van der Waals surface area contributed by atoms with E-state index in [1.807, 2.05) is 23.7 Å². The van der Waals surface area contributed by atoms with Crippen molar-refractivity contribution in [3.63, 3.8) is 0 Å². The summed E-state index contributed by atoms with van der Waals surface area (Å²) in [7, 11) is 0. The van der Waals surface area contributed by atoms with E-state index in [0.29, 0.717) is 11.8 Å². The van der Waals surface area contributed by atoms with E-state index in [4.69, 9.17) is 4.74 Å². The Morgan fingerprint density at radius 1 is 1.03 bits per heavy atom. The maximum Gasteiger partial charge on any atom is 0.208 e. The van der Waals surface area contributed by atoms with Gasteiger partial charge in [0.15, 0.2) is 0 Å². The molecule has 0 bridgehead atoms. The van der Waals surface area contributed by atoms with Crippen LogP contribution in [0.3, 0.4) is 0 Å². The normalized spacial score (nSPS) is 28.6. The van der Waals surface area contributed by atoms with Crippen LogP contribution in [0.4, 0.5) is 5.13 Å². The van der Waals surface area contributed by atoms with Crippen molar-refractivity contribution in [1.29, 1.82) is 0 Å². The SMILES string of the molecule is c1ccc(-c2cn([C@@H]3C[C@@H]4CN(c5nncs5)C[C@@H]4C[C@H]3OCC3CC3)nn2)cc1. The molecule has 0 unspecified atom stereocenters. The largest absolute Gasteiger partial charge is 0.376 e. The molecule has 0 amide bonds. The number of hydrogen-bond donors (Lipinski definition) is 0. The minimum Gasteiger partial charge on any atom is -0.376 e. The molecule has 0 N–H and O–H groups in total. The lowest BCUT2D eigenvalue weighted by atomic mass is 9.77. The summed E-state index contributed by atoms with van der Waals surface area (Å²) in [6.45, 7) is 2.99. The van der Waals surface area contributed by atoms with Gasteiger partial charge in [-0.25, -0.2) is 4.68 Å². The van der Waals surface area contributed by atoms with Crippen molar-refractivity contribution < 1.29 is 4.74 Å². The number of anilines is 1. The van der Waals surface area contributed by atoms with Gasteiger partial charge in [-0.3, -0.25) is 0 Å². The average molecular weight is 423 g/mol.